The molecule has 1 amide bonds. The van der Waals surface area contributed by atoms with Gasteiger partial charge in [-0.1, -0.05) is 0 Å². The minimum atomic E-state index is -0.506. The highest BCUT2D eigenvalue weighted by atomic mass is 16.7. The second-order valence-electron chi connectivity index (χ2n) is 6.61. The summed E-state index contributed by atoms with van der Waals surface area (Å²) < 4.78 is 18.3. The van der Waals surface area contributed by atoms with Crippen molar-refractivity contribution in [2.45, 2.75) is 39.4 Å². The second kappa shape index (κ2) is 6.80. The predicted octanol–water partition coefficient (Wildman–Crippen LogP) is 1.80. The van der Waals surface area contributed by atoms with Gasteiger partial charge in [-0.15, -0.1) is 0 Å². The number of esters is 1. The highest BCUT2D eigenvalue weighted by molar-refractivity contribution is 6.01. The van der Waals surface area contributed by atoms with Crippen LogP contribution in [0.3, 0.4) is 0 Å². The summed E-state index contributed by atoms with van der Waals surface area (Å²) in [5, 5.41) is 0. The lowest BCUT2D eigenvalue weighted by atomic mass is 10.0. The largest absolute Gasteiger partial charge is 0.461 e. The summed E-state index contributed by atoms with van der Waals surface area (Å²) in [4.78, 5) is 27.1. The van der Waals surface area contributed by atoms with E-state index in [1.54, 1.807) is 25.5 Å². The Labute approximate surface area is 147 Å². The van der Waals surface area contributed by atoms with Crippen molar-refractivity contribution in [3.8, 4) is 0 Å². The van der Waals surface area contributed by atoms with Crippen molar-refractivity contribution in [1.82, 2.24) is 9.47 Å². The van der Waals surface area contributed by atoms with E-state index in [0.717, 1.165) is 5.69 Å². The van der Waals surface area contributed by atoms with Crippen molar-refractivity contribution in [2.24, 2.45) is 7.05 Å². The van der Waals surface area contributed by atoms with E-state index in [1.165, 1.54) is 0 Å². The van der Waals surface area contributed by atoms with Crippen LogP contribution in [0.4, 0.5) is 0 Å². The minimum absolute atomic E-state index is 0.0472. The molecule has 7 nitrogen and oxygen atoms in total. The lowest BCUT2D eigenvalue weighted by molar-refractivity contribution is -0.181. The molecule has 0 bridgehead atoms. The highest BCUT2D eigenvalue weighted by Gasteiger charge is 2.41. The first-order chi connectivity index (χ1) is 11.9. The van der Waals surface area contributed by atoms with Crippen LogP contribution in [-0.2, 0) is 21.3 Å². The Morgan fingerprint density at radius 1 is 1.16 bits per heavy atom. The first-order valence-electron chi connectivity index (χ1n) is 8.80. The predicted molar refractivity (Wildman–Crippen MR) is 90.6 cm³/mol. The molecule has 1 spiro atoms. The molecule has 1 aromatic heterocycles. The Morgan fingerprint density at radius 3 is 2.32 bits per heavy atom. The van der Waals surface area contributed by atoms with Gasteiger partial charge < -0.3 is 23.7 Å². The molecule has 25 heavy (non-hydrogen) atoms. The van der Waals surface area contributed by atoms with Crippen molar-refractivity contribution in [3.05, 3.63) is 22.5 Å². The van der Waals surface area contributed by atoms with E-state index >= 15 is 0 Å². The van der Waals surface area contributed by atoms with Crippen LogP contribution < -0.4 is 0 Å². The van der Waals surface area contributed by atoms with Gasteiger partial charge in [0.05, 0.1) is 25.4 Å². The lowest BCUT2D eigenvalue weighted by Gasteiger charge is -2.37. The standard InChI is InChI=1S/C18H26N2O5/c1-5-23-17(22)15-12(2)14(13(3)19(15)4)16(21)20-8-6-18(7-9-20)24-10-11-25-18/h5-11H2,1-4H3. The van der Waals surface area contributed by atoms with E-state index < -0.39 is 11.8 Å². The molecule has 0 radical (unpaired) electrons. The maximum Gasteiger partial charge on any atom is 0.355 e. The number of ether oxygens (including phenoxy) is 3. The molecule has 2 aliphatic heterocycles. The number of amides is 1. The quantitative estimate of drug-likeness (QED) is 0.778. The number of likely N-dealkylation sites (tertiary alicyclic amines) is 1. The number of nitrogens with zero attached hydrogens (tertiary/aromatic N) is 2. The summed E-state index contributed by atoms with van der Waals surface area (Å²) in [5.41, 5.74) is 2.49. The first kappa shape index (κ1) is 17.9. The molecule has 0 aromatic carbocycles. The number of carbonyl (C=O) groups excluding carboxylic acids is 2. The fraction of sp³-hybridized carbons (Fsp3) is 0.667. The van der Waals surface area contributed by atoms with Crippen LogP contribution in [0.2, 0.25) is 0 Å². The van der Waals surface area contributed by atoms with E-state index in [9.17, 15) is 9.59 Å². The number of rotatable bonds is 3. The van der Waals surface area contributed by atoms with Gasteiger partial charge in [0.15, 0.2) is 5.79 Å². The maximum absolute atomic E-state index is 13.1. The zero-order chi connectivity index (χ0) is 18.2. The maximum atomic E-state index is 13.1. The van der Waals surface area contributed by atoms with Crippen LogP contribution >= 0.6 is 0 Å². The lowest BCUT2D eigenvalue weighted by Crippen LogP contribution is -2.47. The fourth-order valence-electron chi connectivity index (χ4n) is 3.78. The van der Waals surface area contributed by atoms with Crippen molar-refractivity contribution in [3.63, 3.8) is 0 Å². The smallest absolute Gasteiger partial charge is 0.355 e. The van der Waals surface area contributed by atoms with E-state index in [-0.39, 0.29) is 5.91 Å². The molecule has 1 aromatic rings. The second-order valence-corrected chi connectivity index (χ2v) is 6.61. The van der Waals surface area contributed by atoms with Gasteiger partial charge >= 0.3 is 5.97 Å². The zero-order valence-electron chi connectivity index (χ0n) is 15.4. The van der Waals surface area contributed by atoms with Gasteiger partial charge in [-0.05, 0) is 26.3 Å². The molecule has 2 aliphatic rings. The van der Waals surface area contributed by atoms with Gasteiger partial charge in [0.2, 0.25) is 0 Å². The SMILES string of the molecule is CCOC(=O)c1c(C)c(C(=O)N2CCC3(CC2)OCCO3)c(C)n1C. The molecule has 2 saturated heterocycles. The molecule has 3 rings (SSSR count). The molecule has 0 saturated carbocycles. The molecule has 3 heterocycles. The third kappa shape index (κ3) is 3.06. The molecular formula is C18H26N2O5. The van der Waals surface area contributed by atoms with E-state index in [4.69, 9.17) is 14.2 Å². The average molecular weight is 350 g/mol. The first-order valence-corrected chi connectivity index (χ1v) is 8.80. The molecular weight excluding hydrogens is 324 g/mol. The highest BCUT2D eigenvalue weighted by Crippen LogP contribution is 2.32. The van der Waals surface area contributed by atoms with Crippen molar-refractivity contribution in [2.75, 3.05) is 32.9 Å². The monoisotopic (exact) mass is 350 g/mol. The van der Waals surface area contributed by atoms with Crippen molar-refractivity contribution < 1.29 is 23.8 Å². The Hall–Kier alpha value is -1.86. The molecule has 2 fully saturated rings. The summed E-state index contributed by atoms with van der Waals surface area (Å²) in [6.07, 6.45) is 1.35. The van der Waals surface area contributed by atoms with Crippen LogP contribution in [0.25, 0.3) is 0 Å². The molecule has 138 valence electrons. The van der Waals surface area contributed by atoms with Gasteiger partial charge in [-0.25, -0.2) is 4.79 Å². The summed E-state index contributed by atoms with van der Waals surface area (Å²) in [6, 6.07) is 0. The fourth-order valence-corrected chi connectivity index (χ4v) is 3.78. The number of carbonyl (C=O) groups is 2. The van der Waals surface area contributed by atoms with Gasteiger partial charge in [0.1, 0.15) is 5.69 Å². The molecule has 0 N–H and O–H groups in total. The van der Waals surface area contributed by atoms with Crippen LogP contribution in [0.5, 0.6) is 0 Å². The number of hydrogen-bond donors (Lipinski definition) is 0. The number of aromatic nitrogens is 1. The van der Waals surface area contributed by atoms with Crippen LogP contribution in [0.15, 0.2) is 0 Å². The van der Waals surface area contributed by atoms with Crippen molar-refractivity contribution >= 4 is 11.9 Å². The number of piperidine rings is 1. The Kier molecular flexibility index (Phi) is 4.88. The van der Waals surface area contributed by atoms with Gasteiger partial charge in [0.25, 0.3) is 5.91 Å². The summed E-state index contributed by atoms with van der Waals surface area (Å²) in [7, 11) is 1.79. The zero-order valence-corrected chi connectivity index (χ0v) is 15.4. The summed E-state index contributed by atoms with van der Waals surface area (Å²) >= 11 is 0. The molecule has 0 atom stereocenters. The normalized spacial score (nSPS) is 19.4. The Balaban J connectivity index is 1.81. The van der Waals surface area contributed by atoms with Gasteiger partial charge in [-0.3, -0.25) is 4.79 Å². The molecule has 0 aliphatic carbocycles. The van der Waals surface area contributed by atoms with Crippen LogP contribution in [0.1, 0.15) is 51.9 Å². The van der Waals surface area contributed by atoms with E-state index in [1.807, 2.05) is 11.8 Å². The average Bonchev–Trinajstić information content (AvgIpc) is 3.12. The molecule has 0 unspecified atom stereocenters. The van der Waals surface area contributed by atoms with Crippen LogP contribution in [-0.4, -0.2) is 60.0 Å². The summed E-state index contributed by atoms with van der Waals surface area (Å²) in [5.74, 6) is -0.947. The topological polar surface area (TPSA) is 70.0 Å². The Bertz CT molecular complexity index is 678. The third-order valence-corrected chi connectivity index (χ3v) is 5.24. The van der Waals surface area contributed by atoms with Gasteiger partial charge in [0, 0.05) is 38.7 Å². The summed E-state index contributed by atoms with van der Waals surface area (Å²) in [6.45, 7) is 8.15. The molecule has 7 heteroatoms. The van der Waals surface area contributed by atoms with E-state index in [0.29, 0.717) is 62.6 Å². The van der Waals surface area contributed by atoms with E-state index in [2.05, 4.69) is 0 Å². The Morgan fingerprint density at radius 2 is 1.76 bits per heavy atom. The minimum Gasteiger partial charge on any atom is -0.461 e. The van der Waals surface area contributed by atoms with Gasteiger partial charge in [-0.2, -0.15) is 0 Å². The third-order valence-electron chi connectivity index (χ3n) is 5.24. The van der Waals surface area contributed by atoms with Crippen molar-refractivity contribution in [1.29, 1.82) is 0 Å². The van der Waals surface area contributed by atoms with Crippen LogP contribution in [0, 0.1) is 13.8 Å². The number of hydrogen-bond acceptors (Lipinski definition) is 5.